The molecule has 1 unspecified atom stereocenters. The molecule has 1 atom stereocenters. The van der Waals surface area contributed by atoms with Gasteiger partial charge in [-0.1, -0.05) is 33.1 Å². The summed E-state index contributed by atoms with van der Waals surface area (Å²) in [6.07, 6.45) is 8.25. The van der Waals surface area contributed by atoms with E-state index in [0.717, 1.165) is 19.7 Å². The number of methoxy groups -OCH3 is 1. The van der Waals surface area contributed by atoms with Gasteiger partial charge in [0, 0.05) is 26.2 Å². The predicted molar refractivity (Wildman–Crippen MR) is 87.3 cm³/mol. The van der Waals surface area contributed by atoms with E-state index in [-0.39, 0.29) is 0 Å². The summed E-state index contributed by atoms with van der Waals surface area (Å²) in [6.45, 7) is 12.4. The highest BCUT2D eigenvalue weighted by Gasteiger charge is 2.34. The molecule has 120 valence electrons. The van der Waals surface area contributed by atoms with Crippen LogP contribution in [-0.2, 0) is 4.74 Å². The van der Waals surface area contributed by atoms with Gasteiger partial charge in [0.2, 0.25) is 0 Å². The maximum absolute atomic E-state index is 5.35. The molecular weight excluding hydrogens is 248 g/mol. The van der Waals surface area contributed by atoms with Gasteiger partial charge in [0.05, 0.1) is 6.61 Å². The van der Waals surface area contributed by atoms with E-state index >= 15 is 0 Å². The SMILES string of the molecule is CCCNCC1(CN(CC)C(C)COC)CCCCC1. The van der Waals surface area contributed by atoms with E-state index in [4.69, 9.17) is 4.74 Å². The number of likely N-dealkylation sites (N-methyl/N-ethyl adjacent to an activating group) is 1. The zero-order valence-electron chi connectivity index (χ0n) is 14.2. The highest BCUT2D eigenvalue weighted by atomic mass is 16.5. The highest BCUT2D eigenvalue weighted by molar-refractivity contribution is 4.88. The number of nitrogens with zero attached hydrogens (tertiary/aromatic N) is 1. The minimum absolute atomic E-state index is 0.491. The minimum Gasteiger partial charge on any atom is -0.383 e. The highest BCUT2D eigenvalue weighted by Crippen LogP contribution is 2.37. The molecule has 0 bridgehead atoms. The van der Waals surface area contributed by atoms with E-state index in [1.165, 1.54) is 51.6 Å². The third-order valence-corrected chi connectivity index (χ3v) is 4.82. The summed E-state index contributed by atoms with van der Waals surface area (Å²) < 4.78 is 5.35. The summed E-state index contributed by atoms with van der Waals surface area (Å²) in [7, 11) is 1.81. The Balaban J connectivity index is 2.61. The first kappa shape index (κ1) is 17.9. The van der Waals surface area contributed by atoms with Gasteiger partial charge in [0.25, 0.3) is 0 Å². The number of nitrogens with one attached hydrogen (secondary N) is 1. The summed E-state index contributed by atoms with van der Waals surface area (Å²) in [5.74, 6) is 0. The van der Waals surface area contributed by atoms with Crippen LogP contribution >= 0.6 is 0 Å². The summed E-state index contributed by atoms with van der Waals surface area (Å²) in [5, 5.41) is 3.69. The molecule has 0 spiro atoms. The maximum Gasteiger partial charge on any atom is 0.0615 e. The van der Waals surface area contributed by atoms with Crippen molar-refractivity contribution in [3.8, 4) is 0 Å². The Morgan fingerprint density at radius 2 is 1.90 bits per heavy atom. The molecule has 0 aromatic carbocycles. The van der Waals surface area contributed by atoms with E-state index in [2.05, 4.69) is 31.0 Å². The van der Waals surface area contributed by atoms with Gasteiger partial charge in [-0.15, -0.1) is 0 Å². The monoisotopic (exact) mass is 284 g/mol. The minimum atomic E-state index is 0.491. The van der Waals surface area contributed by atoms with E-state index in [9.17, 15) is 0 Å². The van der Waals surface area contributed by atoms with Crippen LogP contribution in [0.25, 0.3) is 0 Å². The number of hydrogen-bond acceptors (Lipinski definition) is 3. The normalized spacial score (nSPS) is 20.2. The molecule has 3 heteroatoms. The van der Waals surface area contributed by atoms with E-state index in [1.807, 2.05) is 7.11 Å². The van der Waals surface area contributed by atoms with Crippen LogP contribution in [0.5, 0.6) is 0 Å². The summed E-state index contributed by atoms with van der Waals surface area (Å²) in [4.78, 5) is 2.61. The van der Waals surface area contributed by atoms with Crippen LogP contribution < -0.4 is 5.32 Å². The van der Waals surface area contributed by atoms with Gasteiger partial charge < -0.3 is 10.1 Å². The first-order valence-electron chi connectivity index (χ1n) is 8.61. The van der Waals surface area contributed by atoms with Crippen molar-refractivity contribution in [1.29, 1.82) is 0 Å². The van der Waals surface area contributed by atoms with Crippen molar-refractivity contribution < 1.29 is 4.74 Å². The van der Waals surface area contributed by atoms with Crippen LogP contribution in [0.3, 0.4) is 0 Å². The molecule has 0 radical (unpaired) electrons. The van der Waals surface area contributed by atoms with E-state index < -0.39 is 0 Å². The number of ether oxygens (including phenoxy) is 1. The van der Waals surface area contributed by atoms with Gasteiger partial charge in [0.15, 0.2) is 0 Å². The fourth-order valence-corrected chi connectivity index (χ4v) is 3.58. The molecular formula is C17H36N2O. The Labute approximate surface area is 126 Å². The maximum atomic E-state index is 5.35. The van der Waals surface area contributed by atoms with Gasteiger partial charge >= 0.3 is 0 Å². The van der Waals surface area contributed by atoms with Crippen molar-refractivity contribution in [3.63, 3.8) is 0 Å². The molecule has 0 aromatic heterocycles. The number of hydrogen-bond donors (Lipinski definition) is 1. The van der Waals surface area contributed by atoms with Crippen molar-refractivity contribution in [2.24, 2.45) is 5.41 Å². The smallest absolute Gasteiger partial charge is 0.0615 e. The molecule has 1 aliphatic carbocycles. The Morgan fingerprint density at radius 3 is 2.45 bits per heavy atom. The van der Waals surface area contributed by atoms with Crippen molar-refractivity contribution in [2.45, 2.75) is 65.3 Å². The lowest BCUT2D eigenvalue weighted by Gasteiger charge is -2.43. The van der Waals surface area contributed by atoms with E-state index in [1.54, 1.807) is 0 Å². The van der Waals surface area contributed by atoms with Crippen LogP contribution in [-0.4, -0.2) is 50.8 Å². The zero-order valence-corrected chi connectivity index (χ0v) is 14.2. The topological polar surface area (TPSA) is 24.5 Å². The second-order valence-corrected chi connectivity index (χ2v) is 6.60. The molecule has 0 amide bonds. The molecule has 1 fully saturated rings. The van der Waals surface area contributed by atoms with E-state index in [0.29, 0.717) is 11.5 Å². The molecule has 0 saturated heterocycles. The van der Waals surface area contributed by atoms with Crippen LogP contribution in [0.4, 0.5) is 0 Å². The third-order valence-electron chi connectivity index (χ3n) is 4.82. The average molecular weight is 284 g/mol. The second kappa shape index (κ2) is 9.75. The van der Waals surface area contributed by atoms with Crippen molar-refractivity contribution in [2.75, 3.05) is 39.9 Å². The lowest BCUT2D eigenvalue weighted by Crippen LogP contribution is -2.49. The summed E-state index contributed by atoms with van der Waals surface area (Å²) in [5.41, 5.74) is 0.491. The Morgan fingerprint density at radius 1 is 1.20 bits per heavy atom. The molecule has 0 aliphatic heterocycles. The summed E-state index contributed by atoms with van der Waals surface area (Å²) in [6, 6.07) is 0.523. The number of rotatable bonds is 10. The van der Waals surface area contributed by atoms with Crippen molar-refractivity contribution in [3.05, 3.63) is 0 Å². The van der Waals surface area contributed by atoms with Crippen LogP contribution in [0.1, 0.15) is 59.3 Å². The second-order valence-electron chi connectivity index (χ2n) is 6.60. The van der Waals surface area contributed by atoms with Crippen LogP contribution in [0, 0.1) is 5.41 Å². The molecule has 1 rings (SSSR count). The van der Waals surface area contributed by atoms with Crippen LogP contribution in [0.2, 0.25) is 0 Å². The zero-order chi connectivity index (χ0) is 14.8. The fraction of sp³-hybridized carbons (Fsp3) is 1.00. The third kappa shape index (κ3) is 5.71. The molecule has 1 saturated carbocycles. The molecule has 20 heavy (non-hydrogen) atoms. The van der Waals surface area contributed by atoms with Gasteiger partial charge in [-0.25, -0.2) is 0 Å². The lowest BCUT2D eigenvalue weighted by atomic mass is 9.73. The van der Waals surface area contributed by atoms with Gasteiger partial charge in [-0.05, 0) is 44.7 Å². The largest absolute Gasteiger partial charge is 0.383 e. The van der Waals surface area contributed by atoms with Gasteiger partial charge in [0.1, 0.15) is 0 Å². The predicted octanol–water partition coefficient (Wildman–Crippen LogP) is 3.29. The molecule has 0 aromatic rings. The van der Waals surface area contributed by atoms with Gasteiger partial charge in [-0.3, -0.25) is 4.90 Å². The molecule has 1 N–H and O–H groups in total. The first-order chi connectivity index (χ1) is 9.67. The Bertz CT molecular complexity index is 239. The van der Waals surface area contributed by atoms with Crippen molar-refractivity contribution >= 4 is 0 Å². The Kier molecular flexibility index (Phi) is 8.74. The average Bonchev–Trinajstić information content (AvgIpc) is 2.46. The molecule has 1 aliphatic rings. The fourth-order valence-electron chi connectivity index (χ4n) is 3.58. The van der Waals surface area contributed by atoms with Crippen molar-refractivity contribution in [1.82, 2.24) is 10.2 Å². The van der Waals surface area contributed by atoms with Gasteiger partial charge in [-0.2, -0.15) is 0 Å². The lowest BCUT2D eigenvalue weighted by molar-refractivity contribution is 0.0483. The summed E-state index contributed by atoms with van der Waals surface area (Å²) >= 11 is 0. The quantitative estimate of drug-likeness (QED) is 0.623. The van der Waals surface area contributed by atoms with Crippen LogP contribution in [0.15, 0.2) is 0 Å². The molecule has 3 nitrogen and oxygen atoms in total. The molecule has 0 heterocycles. The first-order valence-corrected chi connectivity index (χ1v) is 8.61. The standard InChI is InChI=1S/C17H36N2O/c1-5-12-18-14-17(10-8-7-9-11-17)15-19(6-2)16(3)13-20-4/h16,18H,5-15H2,1-4H3. The Hall–Kier alpha value is -0.120.